The topological polar surface area (TPSA) is 110 Å². The van der Waals surface area contributed by atoms with E-state index < -0.39 is 5.60 Å². The number of amides is 1. The summed E-state index contributed by atoms with van der Waals surface area (Å²) in [7, 11) is 0. The normalized spacial score (nSPS) is 15.7. The minimum absolute atomic E-state index is 0.0101. The van der Waals surface area contributed by atoms with Crippen LogP contribution in [0.5, 0.6) is 11.5 Å². The van der Waals surface area contributed by atoms with Crippen LogP contribution >= 0.6 is 0 Å². The van der Waals surface area contributed by atoms with Crippen molar-refractivity contribution < 1.29 is 14.3 Å². The fourth-order valence-electron chi connectivity index (χ4n) is 5.09. The first-order chi connectivity index (χ1) is 20.1. The largest absolute Gasteiger partial charge is 0.457 e. The van der Waals surface area contributed by atoms with E-state index in [0.717, 1.165) is 39.2 Å². The van der Waals surface area contributed by atoms with E-state index in [1.54, 1.807) is 10.8 Å². The third kappa shape index (κ3) is 5.76. The number of pyridine rings is 1. The molecule has 3 aromatic heterocycles. The van der Waals surface area contributed by atoms with Crippen LogP contribution in [0.25, 0.3) is 16.6 Å². The molecule has 216 valence electrons. The quantitative estimate of drug-likeness (QED) is 0.275. The van der Waals surface area contributed by atoms with Crippen molar-refractivity contribution >= 4 is 39.8 Å². The summed E-state index contributed by atoms with van der Waals surface area (Å²) in [5, 5.41) is 8.50. The van der Waals surface area contributed by atoms with Crippen LogP contribution in [0.15, 0.2) is 67.4 Å². The number of benzene rings is 2. The molecule has 1 aliphatic rings. The molecule has 0 radical (unpaired) electrons. The number of nitrogens with zero attached hydrogens (tertiary/aromatic N) is 7. The van der Waals surface area contributed by atoms with Gasteiger partial charge in [0.05, 0.1) is 5.52 Å². The molecule has 2 aromatic carbocycles. The number of hydrogen-bond acceptors (Lipinski definition) is 9. The highest BCUT2D eigenvalue weighted by atomic mass is 16.6. The Morgan fingerprint density at radius 3 is 2.64 bits per heavy atom. The number of hydrogen-bond donors (Lipinski definition) is 1. The van der Waals surface area contributed by atoms with Gasteiger partial charge in [-0.1, -0.05) is 0 Å². The van der Waals surface area contributed by atoms with Gasteiger partial charge in [-0.15, -0.1) is 0 Å². The molecule has 0 bridgehead atoms. The van der Waals surface area contributed by atoms with Crippen molar-refractivity contribution in [2.45, 2.75) is 46.3 Å². The Bertz CT molecular complexity index is 1760. The van der Waals surface area contributed by atoms with Crippen molar-refractivity contribution in [1.29, 1.82) is 0 Å². The summed E-state index contributed by atoms with van der Waals surface area (Å²) < 4.78 is 13.4. The first kappa shape index (κ1) is 27.3. The van der Waals surface area contributed by atoms with Crippen molar-refractivity contribution in [3.63, 3.8) is 0 Å². The number of piperazine rings is 1. The smallest absolute Gasteiger partial charge is 0.410 e. The maximum Gasteiger partial charge on any atom is 0.410 e. The average Bonchev–Trinajstić information content (AvgIpc) is 3.41. The molecule has 0 unspecified atom stereocenters. The van der Waals surface area contributed by atoms with Gasteiger partial charge in [0.25, 0.3) is 0 Å². The Kier molecular flexibility index (Phi) is 7.01. The fourth-order valence-corrected chi connectivity index (χ4v) is 5.09. The summed E-state index contributed by atoms with van der Waals surface area (Å²) in [4.78, 5) is 30.0. The first-order valence-electron chi connectivity index (χ1n) is 14.0. The molecule has 1 saturated heterocycles. The highest BCUT2D eigenvalue weighted by Gasteiger charge is 2.31. The molecule has 11 heteroatoms. The number of carbonyl (C=O) groups excluding carboxylic acids is 1. The van der Waals surface area contributed by atoms with E-state index in [1.165, 1.54) is 6.33 Å². The van der Waals surface area contributed by atoms with Gasteiger partial charge in [-0.25, -0.2) is 24.3 Å². The lowest BCUT2D eigenvalue weighted by Gasteiger charge is -2.41. The van der Waals surface area contributed by atoms with Crippen molar-refractivity contribution in [2.75, 3.05) is 29.9 Å². The van der Waals surface area contributed by atoms with Gasteiger partial charge in [0, 0.05) is 54.7 Å². The van der Waals surface area contributed by atoms with Gasteiger partial charge < -0.3 is 24.6 Å². The minimum atomic E-state index is -0.519. The van der Waals surface area contributed by atoms with E-state index in [-0.39, 0.29) is 12.1 Å². The molecule has 1 aliphatic heterocycles. The average molecular weight is 567 g/mol. The summed E-state index contributed by atoms with van der Waals surface area (Å²) in [6.45, 7) is 11.7. The third-order valence-electron chi connectivity index (χ3n) is 7.16. The number of fused-ring (bicyclic) bond motifs is 2. The molecule has 6 rings (SSSR count). The number of rotatable bonds is 5. The first-order valence-corrected chi connectivity index (χ1v) is 14.0. The maximum atomic E-state index is 12.7. The second-order valence-corrected chi connectivity index (χ2v) is 11.5. The molecule has 11 nitrogen and oxygen atoms in total. The number of nitrogens with one attached hydrogen (secondary N) is 1. The monoisotopic (exact) mass is 566 g/mol. The van der Waals surface area contributed by atoms with Crippen molar-refractivity contribution in [2.24, 2.45) is 0 Å². The molecule has 0 spiro atoms. The summed E-state index contributed by atoms with van der Waals surface area (Å²) in [5.41, 5.74) is 3.96. The van der Waals surface area contributed by atoms with E-state index in [1.807, 2.05) is 75.2 Å². The predicted molar refractivity (Wildman–Crippen MR) is 162 cm³/mol. The van der Waals surface area contributed by atoms with Crippen molar-refractivity contribution in [3.05, 3.63) is 72.9 Å². The molecule has 1 N–H and O–H groups in total. The van der Waals surface area contributed by atoms with Crippen LogP contribution < -0.4 is 15.0 Å². The van der Waals surface area contributed by atoms with Crippen LogP contribution in [0.4, 0.5) is 22.0 Å². The second-order valence-electron chi connectivity index (χ2n) is 11.5. The Morgan fingerprint density at radius 2 is 1.86 bits per heavy atom. The summed E-state index contributed by atoms with van der Waals surface area (Å²) in [5.74, 6) is 2.15. The van der Waals surface area contributed by atoms with Gasteiger partial charge in [0.2, 0.25) is 0 Å². The van der Waals surface area contributed by atoms with Gasteiger partial charge in [0.15, 0.2) is 5.65 Å². The van der Waals surface area contributed by atoms with Gasteiger partial charge in [-0.3, -0.25) is 0 Å². The van der Waals surface area contributed by atoms with Crippen LogP contribution in [-0.2, 0) is 4.74 Å². The zero-order valence-corrected chi connectivity index (χ0v) is 24.4. The van der Waals surface area contributed by atoms with Gasteiger partial charge >= 0.3 is 6.09 Å². The molecular formula is C31H34N8O3. The summed E-state index contributed by atoms with van der Waals surface area (Å²) in [6.07, 6.45) is 4.63. The molecule has 5 aromatic rings. The predicted octanol–water partition coefficient (Wildman–Crippen LogP) is 5.96. The number of aryl methyl sites for hydroxylation is 1. The molecule has 0 aliphatic carbocycles. The van der Waals surface area contributed by atoms with Crippen LogP contribution in [0.3, 0.4) is 0 Å². The van der Waals surface area contributed by atoms with Gasteiger partial charge in [-0.2, -0.15) is 5.10 Å². The van der Waals surface area contributed by atoms with Gasteiger partial charge in [-0.05, 0) is 82.6 Å². The van der Waals surface area contributed by atoms with Crippen molar-refractivity contribution in [1.82, 2.24) is 29.5 Å². The number of anilines is 3. The zero-order valence-electron chi connectivity index (χ0n) is 24.4. The SMILES string of the molecule is Cc1cc(Nc2ncnc3ccc(N4CCN(C(=O)OC(C)(C)C)[C@H](C)C4)cc23)ccc1Oc1ccn2ncnc2c1. The molecule has 1 fully saturated rings. The van der Waals surface area contributed by atoms with E-state index in [0.29, 0.717) is 31.2 Å². The van der Waals surface area contributed by atoms with E-state index in [9.17, 15) is 4.79 Å². The molecule has 1 amide bonds. The lowest BCUT2D eigenvalue weighted by atomic mass is 10.1. The highest BCUT2D eigenvalue weighted by Crippen LogP contribution is 2.32. The molecule has 42 heavy (non-hydrogen) atoms. The van der Waals surface area contributed by atoms with Crippen LogP contribution in [0.1, 0.15) is 33.3 Å². The van der Waals surface area contributed by atoms with Crippen LogP contribution in [0, 0.1) is 6.92 Å². The molecule has 0 saturated carbocycles. The number of aromatic nitrogens is 5. The van der Waals surface area contributed by atoms with E-state index >= 15 is 0 Å². The number of ether oxygens (including phenoxy) is 2. The highest BCUT2D eigenvalue weighted by molar-refractivity contribution is 5.93. The summed E-state index contributed by atoms with van der Waals surface area (Å²) >= 11 is 0. The summed E-state index contributed by atoms with van der Waals surface area (Å²) in [6, 6.07) is 15.8. The van der Waals surface area contributed by atoms with Crippen LogP contribution in [-0.4, -0.2) is 66.8 Å². The second kappa shape index (κ2) is 10.8. The Balaban J connectivity index is 1.18. The molecular weight excluding hydrogens is 532 g/mol. The molecule has 4 heterocycles. The number of carbonyl (C=O) groups is 1. The van der Waals surface area contributed by atoms with Crippen LogP contribution in [0.2, 0.25) is 0 Å². The molecule has 1 atom stereocenters. The van der Waals surface area contributed by atoms with E-state index in [2.05, 4.69) is 49.3 Å². The Labute approximate surface area is 244 Å². The maximum absolute atomic E-state index is 12.7. The Morgan fingerprint density at radius 1 is 1.00 bits per heavy atom. The van der Waals surface area contributed by atoms with Crippen molar-refractivity contribution in [3.8, 4) is 11.5 Å². The lowest BCUT2D eigenvalue weighted by Crippen LogP contribution is -2.55. The standard InChI is InChI=1S/C31H34N8O3/c1-20-14-22(6-9-27(20)41-24-10-11-39-28(16-24)33-19-35-39)36-29-25-15-23(7-8-26(25)32-18-34-29)37-12-13-38(21(2)17-37)30(40)42-31(3,4)5/h6-11,14-16,18-19,21H,12-13,17H2,1-5H3,(H,32,34,36)/t21-/m1/s1. The lowest BCUT2D eigenvalue weighted by molar-refractivity contribution is 0.0159. The zero-order chi connectivity index (χ0) is 29.4. The minimum Gasteiger partial charge on any atom is -0.457 e. The fraction of sp³-hybridized carbons (Fsp3) is 0.323. The van der Waals surface area contributed by atoms with Gasteiger partial charge in [0.1, 0.15) is 35.6 Å². The van der Waals surface area contributed by atoms with E-state index in [4.69, 9.17) is 9.47 Å². The third-order valence-corrected chi connectivity index (χ3v) is 7.16. The Hall–Kier alpha value is -4.93.